The molecular weight excluding hydrogens is 200 g/mol. The molecule has 0 saturated heterocycles. The minimum atomic E-state index is -0.0158. The number of hydrogen-bond acceptors (Lipinski definition) is 2. The monoisotopic (exact) mass is 220 g/mol. The first kappa shape index (κ1) is 12.6. The van der Waals surface area contributed by atoms with E-state index >= 15 is 0 Å². The highest BCUT2D eigenvalue weighted by atomic mass is 16.1. The standard InChI is InChI=1S/C13H20N2O/c1-4-14-13(16)11-5-7-12(8-6-11)15-9-10(2)3/h5-8,10,15H,4,9H2,1-3H3,(H,14,16). The van der Waals surface area contributed by atoms with Crippen LogP contribution in [0.4, 0.5) is 5.69 Å². The van der Waals surface area contributed by atoms with Crippen LogP contribution in [-0.4, -0.2) is 19.0 Å². The predicted octanol–water partition coefficient (Wildman–Crippen LogP) is 2.50. The first-order valence-corrected chi connectivity index (χ1v) is 5.75. The summed E-state index contributed by atoms with van der Waals surface area (Å²) in [6.45, 7) is 7.84. The molecule has 0 atom stereocenters. The third kappa shape index (κ3) is 3.93. The molecule has 0 radical (unpaired) electrons. The summed E-state index contributed by atoms with van der Waals surface area (Å²) in [4.78, 5) is 11.5. The summed E-state index contributed by atoms with van der Waals surface area (Å²) in [6.07, 6.45) is 0. The fourth-order valence-electron chi connectivity index (χ4n) is 1.32. The molecule has 0 unspecified atom stereocenters. The number of nitrogens with one attached hydrogen (secondary N) is 2. The maximum atomic E-state index is 11.5. The zero-order valence-electron chi connectivity index (χ0n) is 10.2. The first-order chi connectivity index (χ1) is 7.63. The second-order valence-electron chi connectivity index (χ2n) is 4.21. The van der Waals surface area contributed by atoms with Crippen molar-refractivity contribution in [3.63, 3.8) is 0 Å². The SMILES string of the molecule is CCNC(=O)c1ccc(NCC(C)C)cc1. The van der Waals surface area contributed by atoms with Crippen LogP contribution in [0.2, 0.25) is 0 Å². The summed E-state index contributed by atoms with van der Waals surface area (Å²) in [5.74, 6) is 0.598. The van der Waals surface area contributed by atoms with Gasteiger partial charge in [-0.3, -0.25) is 4.79 Å². The summed E-state index contributed by atoms with van der Waals surface area (Å²) >= 11 is 0. The van der Waals surface area contributed by atoms with Crippen molar-refractivity contribution in [1.82, 2.24) is 5.32 Å². The van der Waals surface area contributed by atoms with Crippen molar-refractivity contribution in [2.45, 2.75) is 20.8 Å². The smallest absolute Gasteiger partial charge is 0.251 e. The lowest BCUT2D eigenvalue weighted by Gasteiger charge is -2.09. The Morgan fingerprint density at radius 1 is 1.25 bits per heavy atom. The van der Waals surface area contributed by atoms with Gasteiger partial charge in [0.1, 0.15) is 0 Å². The van der Waals surface area contributed by atoms with Gasteiger partial charge in [0.25, 0.3) is 5.91 Å². The Morgan fingerprint density at radius 3 is 2.38 bits per heavy atom. The van der Waals surface area contributed by atoms with Crippen molar-refractivity contribution in [3.05, 3.63) is 29.8 Å². The Labute approximate surface area is 97.2 Å². The van der Waals surface area contributed by atoms with Crippen LogP contribution in [0.1, 0.15) is 31.1 Å². The van der Waals surface area contributed by atoms with Crippen LogP contribution in [0, 0.1) is 5.92 Å². The van der Waals surface area contributed by atoms with Crippen LogP contribution in [0.5, 0.6) is 0 Å². The van der Waals surface area contributed by atoms with Crippen LogP contribution < -0.4 is 10.6 Å². The van der Waals surface area contributed by atoms with Crippen molar-refractivity contribution in [1.29, 1.82) is 0 Å². The summed E-state index contributed by atoms with van der Waals surface area (Å²) in [6, 6.07) is 7.56. The van der Waals surface area contributed by atoms with E-state index in [1.54, 1.807) is 0 Å². The third-order valence-electron chi connectivity index (χ3n) is 2.20. The van der Waals surface area contributed by atoms with Gasteiger partial charge in [-0.15, -0.1) is 0 Å². The Bertz CT molecular complexity index is 330. The number of benzene rings is 1. The summed E-state index contributed by atoms with van der Waals surface area (Å²) in [5, 5.41) is 6.08. The summed E-state index contributed by atoms with van der Waals surface area (Å²) in [5.41, 5.74) is 1.76. The van der Waals surface area contributed by atoms with Crippen LogP contribution in [-0.2, 0) is 0 Å². The van der Waals surface area contributed by atoms with Gasteiger partial charge in [-0.25, -0.2) is 0 Å². The normalized spacial score (nSPS) is 10.2. The Balaban J connectivity index is 2.57. The van der Waals surface area contributed by atoms with Gasteiger partial charge in [-0.1, -0.05) is 13.8 Å². The van der Waals surface area contributed by atoms with Gasteiger partial charge in [0.2, 0.25) is 0 Å². The average molecular weight is 220 g/mol. The van der Waals surface area contributed by atoms with E-state index in [2.05, 4.69) is 24.5 Å². The molecule has 2 N–H and O–H groups in total. The molecule has 3 nitrogen and oxygen atoms in total. The second-order valence-corrected chi connectivity index (χ2v) is 4.21. The zero-order chi connectivity index (χ0) is 12.0. The molecule has 0 aliphatic rings. The van der Waals surface area contributed by atoms with Crippen LogP contribution >= 0.6 is 0 Å². The minimum absolute atomic E-state index is 0.0158. The molecule has 1 aromatic carbocycles. The van der Waals surface area contributed by atoms with E-state index in [4.69, 9.17) is 0 Å². The fraction of sp³-hybridized carbons (Fsp3) is 0.462. The molecule has 0 saturated carbocycles. The molecule has 1 aromatic rings. The predicted molar refractivity (Wildman–Crippen MR) is 67.8 cm³/mol. The highest BCUT2D eigenvalue weighted by molar-refractivity contribution is 5.94. The number of anilines is 1. The van der Waals surface area contributed by atoms with Crippen molar-refractivity contribution < 1.29 is 4.79 Å². The summed E-state index contributed by atoms with van der Waals surface area (Å²) in [7, 11) is 0. The van der Waals surface area contributed by atoms with E-state index in [0.29, 0.717) is 18.0 Å². The fourth-order valence-corrected chi connectivity index (χ4v) is 1.32. The molecule has 1 amide bonds. The lowest BCUT2D eigenvalue weighted by molar-refractivity contribution is 0.0956. The number of hydrogen-bond donors (Lipinski definition) is 2. The number of carbonyl (C=O) groups is 1. The zero-order valence-corrected chi connectivity index (χ0v) is 10.2. The van der Waals surface area contributed by atoms with Crippen LogP contribution in [0.3, 0.4) is 0 Å². The molecular formula is C13H20N2O. The van der Waals surface area contributed by atoms with E-state index < -0.39 is 0 Å². The molecule has 0 aromatic heterocycles. The average Bonchev–Trinajstić information content (AvgIpc) is 2.27. The molecule has 1 rings (SSSR count). The molecule has 0 bridgehead atoms. The van der Waals surface area contributed by atoms with E-state index in [1.165, 1.54) is 0 Å². The van der Waals surface area contributed by atoms with Gasteiger partial charge >= 0.3 is 0 Å². The molecule has 3 heteroatoms. The van der Waals surface area contributed by atoms with Crippen molar-refractivity contribution in [2.24, 2.45) is 5.92 Å². The molecule has 0 aliphatic carbocycles. The maximum absolute atomic E-state index is 11.5. The Morgan fingerprint density at radius 2 is 1.88 bits per heavy atom. The van der Waals surface area contributed by atoms with Gasteiger partial charge in [0.05, 0.1) is 0 Å². The minimum Gasteiger partial charge on any atom is -0.385 e. The third-order valence-corrected chi connectivity index (χ3v) is 2.20. The molecule has 0 aliphatic heterocycles. The van der Waals surface area contributed by atoms with E-state index in [1.807, 2.05) is 31.2 Å². The summed E-state index contributed by atoms with van der Waals surface area (Å²) < 4.78 is 0. The second kappa shape index (κ2) is 6.16. The quantitative estimate of drug-likeness (QED) is 0.800. The van der Waals surface area contributed by atoms with Gasteiger partial charge in [-0.2, -0.15) is 0 Å². The number of amides is 1. The lowest BCUT2D eigenvalue weighted by Crippen LogP contribution is -2.22. The highest BCUT2D eigenvalue weighted by Gasteiger charge is 2.03. The molecule has 0 heterocycles. The van der Waals surface area contributed by atoms with E-state index in [0.717, 1.165) is 12.2 Å². The van der Waals surface area contributed by atoms with Gasteiger partial charge in [0, 0.05) is 24.3 Å². The van der Waals surface area contributed by atoms with E-state index in [-0.39, 0.29) is 5.91 Å². The van der Waals surface area contributed by atoms with Crippen molar-refractivity contribution >= 4 is 11.6 Å². The molecule has 0 fully saturated rings. The molecule has 88 valence electrons. The van der Waals surface area contributed by atoms with Gasteiger partial charge in [0.15, 0.2) is 0 Å². The van der Waals surface area contributed by atoms with Crippen LogP contribution in [0.25, 0.3) is 0 Å². The lowest BCUT2D eigenvalue weighted by atomic mass is 10.1. The largest absolute Gasteiger partial charge is 0.385 e. The van der Waals surface area contributed by atoms with Gasteiger partial charge in [-0.05, 0) is 37.1 Å². The molecule has 0 spiro atoms. The topological polar surface area (TPSA) is 41.1 Å². The van der Waals surface area contributed by atoms with Crippen molar-refractivity contribution in [3.8, 4) is 0 Å². The van der Waals surface area contributed by atoms with Gasteiger partial charge < -0.3 is 10.6 Å². The van der Waals surface area contributed by atoms with Crippen LogP contribution in [0.15, 0.2) is 24.3 Å². The molecule has 16 heavy (non-hydrogen) atoms. The number of carbonyl (C=O) groups excluding carboxylic acids is 1. The highest BCUT2D eigenvalue weighted by Crippen LogP contribution is 2.10. The Kier molecular flexibility index (Phi) is 4.83. The maximum Gasteiger partial charge on any atom is 0.251 e. The number of rotatable bonds is 5. The van der Waals surface area contributed by atoms with E-state index in [9.17, 15) is 4.79 Å². The Hall–Kier alpha value is -1.51. The van der Waals surface area contributed by atoms with Crippen molar-refractivity contribution in [2.75, 3.05) is 18.4 Å². The first-order valence-electron chi connectivity index (χ1n) is 5.75.